The third-order valence-electron chi connectivity index (χ3n) is 2.88. The van der Waals surface area contributed by atoms with Crippen LogP contribution in [0.15, 0.2) is 60.8 Å². The lowest BCUT2D eigenvalue weighted by molar-refractivity contribution is 0.477. The second-order valence-corrected chi connectivity index (χ2v) is 4.08. The number of benzene rings is 2. The van der Waals surface area contributed by atoms with Gasteiger partial charge in [-0.3, -0.25) is 0 Å². The number of phenols is 1. The molecule has 1 N–H and O–H groups in total. The van der Waals surface area contributed by atoms with E-state index in [0.717, 1.165) is 11.1 Å². The van der Waals surface area contributed by atoms with Gasteiger partial charge in [0.25, 0.3) is 0 Å². The lowest BCUT2D eigenvalue weighted by Gasteiger charge is -2.08. The first-order chi connectivity index (χ1) is 9.36. The van der Waals surface area contributed by atoms with E-state index < -0.39 is 0 Å². The van der Waals surface area contributed by atoms with Crippen LogP contribution in [0.25, 0.3) is 22.4 Å². The molecule has 4 heteroatoms. The van der Waals surface area contributed by atoms with Gasteiger partial charge in [-0.2, -0.15) is 0 Å². The molecular weight excluding hydrogens is 238 g/mol. The van der Waals surface area contributed by atoms with Gasteiger partial charge in [0.05, 0.1) is 6.20 Å². The second kappa shape index (κ2) is 4.86. The molecule has 0 saturated heterocycles. The number of aromatic nitrogens is 3. The van der Waals surface area contributed by atoms with Crippen LogP contribution in [0.3, 0.4) is 0 Å². The van der Waals surface area contributed by atoms with Crippen molar-refractivity contribution >= 4 is 0 Å². The van der Waals surface area contributed by atoms with Crippen molar-refractivity contribution in [2.75, 3.05) is 0 Å². The lowest BCUT2D eigenvalue weighted by atomic mass is 10.0. The fourth-order valence-corrected chi connectivity index (χ4v) is 1.98. The normalized spacial score (nSPS) is 10.3. The van der Waals surface area contributed by atoms with Gasteiger partial charge in [-0.05, 0) is 11.3 Å². The molecule has 0 aliphatic carbocycles. The summed E-state index contributed by atoms with van der Waals surface area (Å²) < 4.78 is 0. The van der Waals surface area contributed by atoms with Gasteiger partial charge in [-0.15, -0.1) is 10.2 Å². The fraction of sp³-hybridized carbons (Fsp3) is 0. The van der Waals surface area contributed by atoms with E-state index in [2.05, 4.69) is 15.4 Å². The van der Waals surface area contributed by atoms with Gasteiger partial charge in [-0.25, -0.2) is 0 Å². The number of aromatic hydroxyl groups is 1. The van der Waals surface area contributed by atoms with Crippen molar-refractivity contribution in [1.29, 1.82) is 0 Å². The van der Waals surface area contributed by atoms with Gasteiger partial charge in [0.15, 0.2) is 0 Å². The summed E-state index contributed by atoms with van der Waals surface area (Å²) in [6.07, 6.45) is 1.62. The van der Waals surface area contributed by atoms with Crippen LogP contribution >= 0.6 is 0 Å². The van der Waals surface area contributed by atoms with Crippen LogP contribution in [0.2, 0.25) is 0 Å². The number of hydrogen-bond acceptors (Lipinski definition) is 4. The van der Waals surface area contributed by atoms with Crippen molar-refractivity contribution in [3.8, 4) is 28.1 Å². The van der Waals surface area contributed by atoms with Gasteiger partial charge < -0.3 is 5.11 Å². The summed E-state index contributed by atoms with van der Waals surface area (Å²) in [5, 5.41) is 21.6. The zero-order valence-corrected chi connectivity index (χ0v) is 10.1. The highest BCUT2D eigenvalue weighted by Gasteiger charge is 2.12. The Labute approximate surface area is 110 Å². The van der Waals surface area contributed by atoms with Gasteiger partial charge in [0.1, 0.15) is 11.4 Å². The Bertz CT molecular complexity index is 699. The predicted molar refractivity (Wildman–Crippen MR) is 72.4 cm³/mol. The standard InChI is InChI=1S/C15H11N3O/c19-14-9-5-4-8-12(14)13-10-16-18-17-15(13)11-6-2-1-3-7-11/h1-10,19H. The minimum Gasteiger partial charge on any atom is -0.507 e. The summed E-state index contributed by atoms with van der Waals surface area (Å²) in [7, 11) is 0. The molecule has 0 fully saturated rings. The molecule has 4 nitrogen and oxygen atoms in total. The lowest BCUT2D eigenvalue weighted by Crippen LogP contribution is -1.94. The first-order valence-electron chi connectivity index (χ1n) is 5.88. The molecular formula is C15H11N3O. The van der Waals surface area contributed by atoms with Crippen LogP contribution in [0.4, 0.5) is 0 Å². The van der Waals surface area contributed by atoms with Crippen molar-refractivity contribution in [3.63, 3.8) is 0 Å². The molecule has 3 rings (SSSR count). The SMILES string of the molecule is Oc1ccccc1-c1cnnnc1-c1ccccc1. The molecule has 0 saturated carbocycles. The zero-order valence-electron chi connectivity index (χ0n) is 10.1. The topological polar surface area (TPSA) is 58.9 Å². The molecule has 2 aromatic carbocycles. The van der Waals surface area contributed by atoms with E-state index in [9.17, 15) is 5.11 Å². The Hall–Kier alpha value is -2.75. The smallest absolute Gasteiger partial charge is 0.123 e. The maximum absolute atomic E-state index is 9.96. The number of hydrogen-bond donors (Lipinski definition) is 1. The summed E-state index contributed by atoms with van der Waals surface area (Å²) in [5.74, 6) is 0.203. The molecule has 0 aliphatic rings. The Morgan fingerprint density at radius 3 is 2.32 bits per heavy atom. The number of phenolic OH excluding ortho intramolecular Hbond substituents is 1. The molecule has 0 spiro atoms. The molecule has 0 unspecified atom stereocenters. The highest BCUT2D eigenvalue weighted by Crippen LogP contribution is 2.34. The second-order valence-electron chi connectivity index (χ2n) is 4.08. The molecule has 1 aromatic heterocycles. The Kier molecular flexibility index (Phi) is 2.90. The largest absolute Gasteiger partial charge is 0.507 e. The van der Waals surface area contributed by atoms with Crippen LogP contribution in [0.5, 0.6) is 5.75 Å². The first kappa shape index (κ1) is 11.3. The third kappa shape index (κ3) is 2.15. The molecule has 0 atom stereocenters. The molecule has 3 aromatic rings. The summed E-state index contributed by atoms with van der Waals surface area (Å²) >= 11 is 0. The fourth-order valence-electron chi connectivity index (χ4n) is 1.98. The summed E-state index contributed by atoms with van der Waals surface area (Å²) in [4.78, 5) is 0. The average molecular weight is 249 g/mol. The Morgan fingerprint density at radius 2 is 1.53 bits per heavy atom. The van der Waals surface area contributed by atoms with Crippen LogP contribution in [-0.4, -0.2) is 20.5 Å². The molecule has 19 heavy (non-hydrogen) atoms. The van der Waals surface area contributed by atoms with Gasteiger partial charge in [0, 0.05) is 16.7 Å². The van der Waals surface area contributed by atoms with Crippen LogP contribution in [0, 0.1) is 0 Å². The first-order valence-corrected chi connectivity index (χ1v) is 5.88. The minimum atomic E-state index is 0.203. The van der Waals surface area contributed by atoms with Gasteiger partial charge in [0.2, 0.25) is 0 Å². The zero-order chi connectivity index (χ0) is 13.1. The van der Waals surface area contributed by atoms with Crippen molar-refractivity contribution in [2.24, 2.45) is 0 Å². The summed E-state index contributed by atoms with van der Waals surface area (Å²) in [6, 6.07) is 16.8. The van der Waals surface area contributed by atoms with Crippen molar-refractivity contribution < 1.29 is 5.11 Å². The quantitative estimate of drug-likeness (QED) is 0.758. The highest BCUT2D eigenvalue weighted by atomic mass is 16.3. The van der Waals surface area contributed by atoms with E-state index in [4.69, 9.17) is 0 Å². The average Bonchev–Trinajstić information content (AvgIpc) is 2.49. The van der Waals surface area contributed by atoms with E-state index in [-0.39, 0.29) is 5.75 Å². The molecule has 0 radical (unpaired) electrons. The summed E-state index contributed by atoms with van der Waals surface area (Å²) in [6.45, 7) is 0. The van der Waals surface area contributed by atoms with Crippen LogP contribution in [-0.2, 0) is 0 Å². The third-order valence-corrected chi connectivity index (χ3v) is 2.88. The molecule has 0 amide bonds. The van der Waals surface area contributed by atoms with Gasteiger partial charge in [-0.1, -0.05) is 48.5 Å². The van der Waals surface area contributed by atoms with E-state index in [0.29, 0.717) is 11.3 Å². The van der Waals surface area contributed by atoms with Crippen molar-refractivity contribution in [1.82, 2.24) is 15.4 Å². The summed E-state index contributed by atoms with van der Waals surface area (Å²) in [5.41, 5.74) is 3.11. The van der Waals surface area contributed by atoms with Crippen molar-refractivity contribution in [2.45, 2.75) is 0 Å². The van der Waals surface area contributed by atoms with E-state index in [1.165, 1.54) is 0 Å². The number of rotatable bonds is 2. The predicted octanol–water partition coefficient (Wildman–Crippen LogP) is 2.91. The monoisotopic (exact) mass is 249 g/mol. The van der Waals surface area contributed by atoms with Gasteiger partial charge >= 0.3 is 0 Å². The number of para-hydroxylation sites is 1. The molecule has 0 aliphatic heterocycles. The van der Waals surface area contributed by atoms with Crippen LogP contribution < -0.4 is 0 Å². The van der Waals surface area contributed by atoms with E-state index in [1.807, 2.05) is 42.5 Å². The molecule has 92 valence electrons. The number of nitrogens with zero attached hydrogens (tertiary/aromatic N) is 3. The maximum atomic E-state index is 9.96. The molecule has 1 heterocycles. The maximum Gasteiger partial charge on any atom is 0.123 e. The highest BCUT2D eigenvalue weighted by molar-refractivity contribution is 5.82. The Morgan fingerprint density at radius 1 is 0.789 bits per heavy atom. The molecule has 0 bridgehead atoms. The van der Waals surface area contributed by atoms with E-state index >= 15 is 0 Å². The van der Waals surface area contributed by atoms with Crippen LogP contribution in [0.1, 0.15) is 0 Å². The Balaban J connectivity index is 2.21. The van der Waals surface area contributed by atoms with E-state index in [1.54, 1.807) is 18.3 Å². The minimum absolute atomic E-state index is 0.203. The van der Waals surface area contributed by atoms with Crippen molar-refractivity contribution in [3.05, 3.63) is 60.8 Å².